The van der Waals surface area contributed by atoms with Crippen LogP contribution in [0.1, 0.15) is 335 Å². The summed E-state index contributed by atoms with van der Waals surface area (Å²) in [6, 6.07) is 30.1. The maximum absolute atomic E-state index is 12.2. The molecule has 10 aromatic rings. The summed E-state index contributed by atoms with van der Waals surface area (Å²) in [4.78, 5) is 24.5. The molecule has 117 heavy (non-hydrogen) atoms. The smallest absolute Gasteiger partial charge is 0.387 e. The topological polar surface area (TPSA) is 144 Å². The Kier molecular flexibility index (Phi) is 52.2. The van der Waals surface area contributed by atoms with Crippen molar-refractivity contribution >= 4 is 106 Å². The number of methoxy groups -OCH3 is 1. The van der Waals surface area contributed by atoms with Crippen molar-refractivity contribution in [3.05, 3.63) is 243 Å². The molecule has 0 atom stereocenters. The number of thiazole rings is 3. The van der Waals surface area contributed by atoms with Gasteiger partial charge >= 0.3 is 16.7 Å². The number of pyridine rings is 2. The quantitative estimate of drug-likeness (QED) is 0.0531. The Labute approximate surface area is 745 Å². The second kappa shape index (κ2) is 55.9. The summed E-state index contributed by atoms with van der Waals surface area (Å²) >= 11 is 31.8. The molecule has 0 unspecified atom stereocenters. The largest absolute Gasteiger partial charge is 0.481 e. The van der Waals surface area contributed by atoms with Gasteiger partial charge in [-0.2, -0.15) is 22.3 Å². The van der Waals surface area contributed by atoms with Gasteiger partial charge in [0.15, 0.2) is 4.47 Å². The van der Waals surface area contributed by atoms with Crippen molar-refractivity contribution in [3.63, 3.8) is 0 Å². The Hall–Kier alpha value is -5.87. The predicted molar refractivity (Wildman–Crippen MR) is 507 cm³/mol. The third-order valence-electron chi connectivity index (χ3n) is 18.0. The lowest BCUT2D eigenvalue weighted by Gasteiger charge is -2.17. The summed E-state index contributed by atoms with van der Waals surface area (Å²) in [7, 11) is 0.0265. The first-order valence-electron chi connectivity index (χ1n) is 40.6. The average molecular weight is 1830 g/mol. The molecule has 0 aliphatic rings. The minimum atomic E-state index is -3.46. The molecule has 6 aromatic heterocycles. The van der Waals surface area contributed by atoms with Gasteiger partial charge < -0.3 is 13.7 Å². The van der Waals surface area contributed by atoms with Crippen LogP contribution in [0, 0.1) is 27.7 Å². The van der Waals surface area contributed by atoms with Gasteiger partial charge in [0, 0.05) is 73.7 Å². The van der Waals surface area contributed by atoms with Crippen LogP contribution in [0.4, 0.5) is 8.78 Å². The molecule has 0 bridgehead atoms. The Bertz CT molecular complexity index is 4550. The normalized spacial score (nSPS) is 10.9. The molecule has 10 rings (SSSR count). The van der Waals surface area contributed by atoms with Gasteiger partial charge in [0.05, 0.1) is 39.8 Å². The molecule has 0 radical (unpaired) electrons. The number of aryl methyl sites for hydroxylation is 10. The van der Waals surface area contributed by atoms with E-state index in [0.29, 0.717) is 79.4 Å². The Morgan fingerprint density at radius 3 is 1.34 bits per heavy atom. The average Bonchev–Trinajstić information content (AvgIpc) is 1.72. The van der Waals surface area contributed by atoms with Gasteiger partial charge in [-0.1, -0.05) is 290 Å². The minimum absolute atomic E-state index is 0.190. The fourth-order valence-electron chi connectivity index (χ4n) is 12.0. The van der Waals surface area contributed by atoms with Crippen LogP contribution in [0.5, 0.6) is 17.4 Å². The lowest BCUT2D eigenvalue weighted by Crippen LogP contribution is -2.09. The number of alkyl halides is 2. The highest BCUT2D eigenvalue weighted by Gasteiger charge is 2.19. The summed E-state index contributed by atoms with van der Waals surface area (Å²) in [6.45, 7) is 58.8. The molecule has 4 aromatic carbocycles. The van der Waals surface area contributed by atoms with E-state index in [1.54, 1.807) is 58.9 Å². The molecule has 0 spiro atoms. The Balaban J connectivity index is 0.000000653. The number of benzene rings is 4. The zero-order valence-corrected chi connectivity index (χ0v) is 83.7. The second-order valence-corrected chi connectivity index (χ2v) is 38.9. The monoisotopic (exact) mass is 1830 g/mol. The summed E-state index contributed by atoms with van der Waals surface area (Å²) in [5.74, 6) is 6.33. The first kappa shape index (κ1) is 109. The van der Waals surface area contributed by atoms with E-state index in [0.717, 1.165) is 82.6 Å². The Morgan fingerprint density at radius 1 is 0.479 bits per heavy atom. The molecule has 0 aliphatic carbocycles. The molecule has 650 valence electrons. The summed E-state index contributed by atoms with van der Waals surface area (Å²) < 4.78 is 64.7. The SMILES string of the molecule is CC(C)c1cc(Cl)cnc1Cl.CC(C)c1cnc(Cl)s1.CCc1cc(Br)ccc1C(C)C.CCc1ccc(CC)c(C(C)C)c1.CCc1cccc(OC(F)F)c1C(C)C.CCc1cccc(OS(C)(=O)=O)c1C(C)C.COc1ccc(C(C)C)cn1.Cc1nc(C)c(C(C)C)s1.Cc1ncc(C(C)C)s1.Cc1nn(C)c(Cl)c1C(C)C. The molecule has 6 heterocycles. The number of ether oxygens (including phenoxy) is 2. The van der Waals surface area contributed by atoms with Crippen molar-refractivity contribution in [1.82, 2.24) is 34.7 Å². The molecular formula is C94H136BrCl4F2N7O5S4. The van der Waals surface area contributed by atoms with E-state index in [9.17, 15) is 17.2 Å². The van der Waals surface area contributed by atoms with Crippen molar-refractivity contribution in [2.24, 2.45) is 7.05 Å². The molecule has 0 saturated carbocycles. The highest BCUT2D eigenvalue weighted by Crippen LogP contribution is 2.35. The molecule has 0 saturated heterocycles. The van der Waals surface area contributed by atoms with Crippen LogP contribution >= 0.6 is 96.3 Å². The number of halogens is 7. The third-order valence-corrected chi connectivity index (χ3v) is 24.0. The van der Waals surface area contributed by atoms with Gasteiger partial charge in [-0.05, 0) is 199 Å². The van der Waals surface area contributed by atoms with Crippen LogP contribution in [0.2, 0.25) is 19.8 Å². The van der Waals surface area contributed by atoms with Crippen molar-refractivity contribution in [2.75, 3.05) is 13.4 Å². The van der Waals surface area contributed by atoms with Crippen LogP contribution in [-0.2, 0) is 49.3 Å². The van der Waals surface area contributed by atoms with E-state index in [-0.39, 0.29) is 11.8 Å². The van der Waals surface area contributed by atoms with Gasteiger partial charge in [-0.3, -0.25) is 4.68 Å². The number of hydrogen-bond donors (Lipinski definition) is 0. The second-order valence-electron chi connectivity index (χ2n) is 31.1. The van der Waals surface area contributed by atoms with E-state index in [1.807, 2.05) is 129 Å². The standard InChI is InChI=1S/C13H20.C12H16F2O.C12H18O3S.C11H15Br.C9H13NO.C8H9Cl2N.C8H13ClN2.C8H13NS.C7H11NS.C6H8ClNS/c1-5-11-7-8-12(6-2)13(9-11)10(3)4;1-4-9-6-5-7-10(15-12(13)14)11(9)8(2)3;1-5-10-7-6-8-11(12(10)9(2)3)15-16(4,13)14;1-4-9-7-10(12)5-6-11(9)8(2)3;1-7(2)8-4-5-9(11-3)10-6-8;1-5(2)7-3-6(9)4-11-8(7)10;1-5(2)7-6(3)10-11(4)8(7)9;1-5(2)8-6(3)9-7(4)10-8;1-5(2)7-4-8-6(3)9-7;1-4(2)5-3-8-6(7)9-5/h7-10H,5-6H2,1-4H3;5-8,12H,4H2,1-3H3;6-9H,5H2,1-4H3;5-8H,4H2,1-3H3;4-7H,1-3H3;3-5H,1-2H3;5H,1-4H3;5H,1-4H3;4-5H,1-3H3;3-4H,1-2H3. The fourth-order valence-corrected chi connectivity index (χ4v) is 16.4. The van der Waals surface area contributed by atoms with Crippen LogP contribution < -0.4 is 13.7 Å². The van der Waals surface area contributed by atoms with Gasteiger partial charge in [0.1, 0.15) is 21.8 Å². The first-order chi connectivity index (χ1) is 54.6. The molecule has 0 amide bonds. The van der Waals surface area contributed by atoms with Crippen molar-refractivity contribution in [2.45, 2.75) is 299 Å². The number of hydrogen-bond acceptors (Lipinski definition) is 14. The van der Waals surface area contributed by atoms with E-state index < -0.39 is 16.7 Å². The van der Waals surface area contributed by atoms with E-state index in [1.165, 1.54) is 68.2 Å². The zero-order valence-electron chi connectivity index (χ0n) is 75.8. The number of nitrogens with zero attached hydrogens (tertiary/aromatic N) is 7. The molecule has 23 heteroatoms. The lowest BCUT2D eigenvalue weighted by molar-refractivity contribution is -0.0506. The van der Waals surface area contributed by atoms with Crippen LogP contribution in [0.3, 0.4) is 0 Å². The molecular weight excluding hydrogens is 1700 g/mol. The van der Waals surface area contributed by atoms with Crippen molar-refractivity contribution in [3.8, 4) is 17.4 Å². The third kappa shape index (κ3) is 40.6. The molecule has 0 aliphatic heterocycles. The van der Waals surface area contributed by atoms with E-state index in [2.05, 4.69) is 232 Å². The lowest BCUT2D eigenvalue weighted by atomic mass is 9.93. The number of rotatable bonds is 20. The van der Waals surface area contributed by atoms with Gasteiger partial charge in [-0.15, -0.1) is 34.0 Å². The maximum atomic E-state index is 12.2. The van der Waals surface area contributed by atoms with E-state index in [4.69, 9.17) is 55.3 Å². The Morgan fingerprint density at radius 2 is 1.00 bits per heavy atom. The highest BCUT2D eigenvalue weighted by molar-refractivity contribution is 9.10. The van der Waals surface area contributed by atoms with Crippen molar-refractivity contribution < 1.29 is 30.9 Å². The number of aromatic nitrogens is 7. The summed E-state index contributed by atoms with van der Waals surface area (Å²) in [6.07, 6.45) is 13.4. The summed E-state index contributed by atoms with van der Waals surface area (Å²) in [5.41, 5.74) is 17.1. The first-order valence-corrected chi connectivity index (χ1v) is 47.2. The van der Waals surface area contributed by atoms with Crippen LogP contribution in [0.25, 0.3) is 0 Å². The highest BCUT2D eigenvalue weighted by atomic mass is 79.9. The van der Waals surface area contributed by atoms with Gasteiger partial charge in [-0.25, -0.2) is 24.9 Å². The van der Waals surface area contributed by atoms with Gasteiger partial charge in [0.25, 0.3) is 0 Å². The summed E-state index contributed by atoms with van der Waals surface area (Å²) in [5, 5.41) is 8.51. The predicted octanol–water partition coefficient (Wildman–Crippen LogP) is 31.4. The zero-order chi connectivity index (χ0) is 89.5. The maximum Gasteiger partial charge on any atom is 0.387 e. The van der Waals surface area contributed by atoms with E-state index >= 15 is 0 Å². The van der Waals surface area contributed by atoms with Crippen LogP contribution in [-0.4, -0.2) is 63.1 Å². The minimum Gasteiger partial charge on any atom is -0.481 e. The molecule has 0 fully saturated rings. The molecule has 0 N–H and O–H groups in total. The van der Waals surface area contributed by atoms with Crippen LogP contribution in [0.15, 0.2) is 120 Å². The fraction of sp³-hybridized carbons (Fsp3) is 0.511. The molecule has 12 nitrogen and oxygen atoms in total. The van der Waals surface area contributed by atoms with Crippen molar-refractivity contribution in [1.29, 1.82) is 0 Å². The van der Waals surface area contributed by atoms with Gasteiger partial charge in [0.2, 0.25) is 5.88 Å².